The van der Waals surface area contributed by atoms with Gasteiger partial charge in [0.2, 0.25) is 5.91 Å². The summed E-state index contributed by atoms with van der Waals surface area (Å²) in [7, 11) is 0. The summed E-state index contributed by atoms with van der Waals surface area (Å²) in [4.78, 5) is 25.1. The summed E-state index contributed by atoms with van der Waals surface area (Å²) in [5.41, 5.74) is 3.29. The number of aromatic carboxylic acids is 1. The van der Waals surface area contributed by atoms with Crippen molar-refractivity contribution in [2.24, 2.45) is 0 Å². The summed E-state index contributed by atoms with van der Waals surface area (Å²) in [5.74, 6) is 1.34. The van der Waals surface area contributed by atoms with E-state index in [4.69, 9.17) is 5.11 Å². The quantitative estimate of drug-likeness (QED) is 0.818. The minimum absolute atomic E-state index is 0.199. The molecule has 0 saturated carbocycles. The third-order valence-electron chi connectivity index (χ3n) is 4.37. The predicted molar refractivity (Wildman–Crippen MR) is 105 cm³/mol. The van der Waals surface area contributed by atoms with Crippen molar-refractivity contribution in [3.05, 3.63) is 65.2 Å². The van der Waals surface area contributed by atoms with Crippen LogP contribution in [0.3, 0.4) is 0 Å². The van der Waals surface area contributed by atoms with E-state index in [0.29, 0.717) is 13.0 Å². The predicted octanol–water partition coefficient (Wildman–Crippen LogP) is 3.11. The molecule has 1 fully saturated rings. The highest BCUT2D eigenvalue weighted by atomic mass is 32.2. The number of rotatable bonds is 6. The van der Waals surface area contributed by atoms with E-state index in [0.717, 1.165) is 41.4 Å². The average molecular weight is 370 g/mol. The number of nitrogens with one attached hydrogen (secondary N) is 1. The Bertz CT molecular complexity index is 754. The fourth-order valence-corrected chi connectivity index (χ4v) is 3.71. The van der Waals surface area contributed by atoms with Crippen molar-refractivity contribution in [1.29, 1.82) is 0 Å². The Balaban J connectivity index is 1.50. The molecule has 1 saturated heterocycles. The summed E-state index contributed by atoms with van der Waals surface area (Å²) < 4.78 is 0. The lowest BCUT2D eigenvalue weighted by atomic mass is 10.1. The minimum Gasteiger partial charge on any atom is -0.478 e. The normalized spacial score (nSPS) is 14.1. The number of carbonyl (C=O) groups excluding carboxylic acids is 1. The maximum Gasteiger partial charge on any atom is 0.335 e. The van der Waals surface area contributed by atoms with Crippen molar-refractivity contribution in [2.45, 2.75) is 13.0 Å². The lowest BCUT2D eigenvalue weighted by Gasteiger charge is -2.26. The fraction of sp³-hybridized carbons (Fsp3) is 0.300. The summed E-state index contributed by atoms with van der Waals surface area (Å²) in [5, 5.41) is 12.2. The number of hydrogen-bond donors (Lipinski definition) is 2. The highest BCUT2D eigenvalue weighted by Gasteiger charge is 2.16. The van der Waals surface area contributed by atoms with Crippen molar-refractivity contribution in [3.8, 4) is 0 Å². The first-order valence-corrected chi connectivity index (χ1v) is 9.78. The molecule has 1 aliphatic rings. The Hall–Kier alpha value is -2.47. The first-order chi connectivity index (χ1) is 12.6. The second kappa shape index (κ2) is 8.76. The van der Waals surface area contributed by atoms with E-state index in [1.807, 2.05) is 40.9 Å². The van der Waals surface area contributed by atoms with Gasteiger partial charge in [-0.3, -0.25) is 4.79 Å². The van der Waals surface area contributed by atoms with Gasteiger partial charge in [-0.25, -0.2) is 4.79 Å². The van der Waals surface area contributed by atoms with Gasteiger partial charge < -0.3 is 15.3 Å². The van der Waals surface area contributed by atoms with Gasteiger partial charge in [0.15, 0.2) is 0 Å². The van der Waals surface area contributed by atoms with E-state index in [-0.39, 0.29) is 11.5 Å². The summed E-state index contributed by atoms with van der Waals surface area (Å²) in [6.45, 7) is 2.32. The zero-order chi connectivity index (χ0) is 18.4. The molecule has 2 N–H and O–H groups in total. The molecule has 0 aromatic heterocycles. The lowest BCUT2D eigenvalue weighted by molar-refractivity contribution is -0.130. The number of hydrogen-bond acceptors (Lipinski definition) is 4. The van der Waals surface area contributed by atoms with Gasteiger partial charge in [-0.05, 0) is 35.4 Å². The average Bonchev–Trinajstić information content (AvgIpc) is 2.68. The van der Waals surface area contributed by atoms with Gasteiger partial charge in [0.05, 0.1) is 12.0 Å². The summed E-state index contributed by atoms with van der Waals surface area (Å²) in [6.07, 6.45) is 0.446. The van der Waals surface area contributed by atoms with Crippen LogP contribution in [0.1, 0.15) is 21.5 Å². The van der Waals surface area contributed by atoms with E-state index in [2.05, 4.69) is 5.32 Å². The number of benzene rings is 2. The molecule has 2 aromatic rings. The van der Waals surface area contributed by atoms with Gasteiger partial charge in [-0.1, -0.05) is 24.3 Å². The van der Waals surface area contributed by atoms with E-state index < -0.39 is 5.97 Å². The van der Waals surface area contributed by atoms with Crippen LogP contribution in [0.5, 0.6) is 0 Å². The van der Waals surface area contributed by atoms with Crippen LogP contribution in [0.4, 0.5) is 5.69 Å². The van der Waals surface area contributed by atoms with Crippen LogP contribution in [0.2, 0.25) is 0 Å². The van der Waals surface area contributed by atoms with E-state index >= 15 is 0 Å². The number of carboxylic acid groups (broad SMARTS) is 1. The van der Waals surface area contributed by atoms with Crippen molar-refractivity contribution in [3.63, 3.8) is 0 Å². The number of amides is 1. The third-order valence-corrected chi connectivity index (χ3v) is 5.31. The van der Waals surface area contributed by atoms with Gasteiger partial charge in [0.1, 0.15) is 0 Å². The zero-order valence-electron chi connectivity index (χ0n) is 14.5. The van der Waals surface area contributed by atoms with Crippen LogP contribution < -0.4 is 5.32 Å². The van der Waals surface area contributed by atoms with Gasteiger partial charge in [-0.15, -0.1) is 0 Å². The fourth-order valence-electron chi connectivity index (χ4n) is 2.81. The minimum atomic E-state index is -0.919. The molecule has 1 aliphatic heterocycles. The van der Waals surface area contributed by atoms with Crippen LogP contribution in [-0.4, -0.2) is 46.5 Å². The topological polar surface area (TPSA) is 69.6 Å². The summed E-state index contributed by atoms with van der Waals surface area (Å²) in [6, 6.07) is 14.7. The van der Waals surface area contributed by atoms with Crippen LogP contribution in [0.25, 0.3) is 0 Å². The molecule has 136 valence electrons. The SMILES string of the molecule is O=C(O)c1ccc(CNc2ccc(CC(=O)N3CCSCC3)cc2)cc1. The van der Waals surface area contributed by atoms with Gasteiger partial charge in [0.25, 0.3) is 0 Å². The van der Waals surface area contributed by atoms with E-state index in [1.54, 1.807) is 24.3 Å². The Labute approximate surface area is 157 Å². The maximum absolute atomic E-state index is 12.3. The van der Waals surface area contributed by atoms with Gasteiger partial charge in [-0.2, -0.15) is 11.8 Å². The van der Waals surface area contributed by atoms with Crippen LogP contribution in [0, 0.1) is 0 Å². The first kappa shape index (κ1) is 18.3. The van der Waals surface area contributed by atoms with Gasteiger partial charge in [0, 0.05) is 36.8 Å². The molecular weight excluding hydrogens is 348 g/mol. The second-order valence-electron chi connectivity index (χ2n) is 6.22. The molecular formula is C20H22N2O3S. The molecule has 0 radical (unpaired) electrons. The molecule has 2 aromatic carbocycles. The monoisotopic (exact) mass is 370 g/mol. The molecule has 0 spiro atoms. The molecule has 0 unspecified atom stereocenters. The molecule has 0 aliphatic carbocycles. The van der Waals surface area contributed by atoms with Crippen molar-refractivity contribution in [1.82, 2.24) is 4.90 Å². The Morgan fingerprint density at radius 3 is 2.19 bits per heavy atom. The van der Waals surface area contributed by atoms with Gasteiger partial charge >= 0.3 is 5.97 Å². The lowest BCUT2D eigenvalue weighted by Crippen LogP contribution is -2.38. The Morgan fingerprint density at radius 1 is 0.962 bits per heavy atom. The molecule has 26 heavy (non-hydrogen) atoms. The first-order valence-electron chi connectivity index (χ1n) is 8.62. The van der Waals surface area contributed by atoms with Crippen LogP contribution in [0.15, 0.2) is 48.5 Å². The molecule has 1 heterocycles. The zero-order valence-corrected chi connectivity index (χ0v) is 15.3. The highest BCUT2D eigenvalue weighted by molar-refractivity contribution is 7.99. The molecule has 3 rings (SSSR count). The van der Waals surface area contributed by atoms with E-state index in [9.17, 15) is 9.59 Å². The van der Waals surface area contributed by atoms with Crippen molar-refractivity contribution < 1.29 is 14.7 Å². The highest BCUT2D eigenvalue weighted by Crippen LogP contribution is 2.15. The van der Waals surface area contributed by atoms with Crippen molar-refractivity contribution >= 4 is 29.3 Å². The molecule has 6 heteroatoms. The Morgan fingerprint density at radius 2 is 1.58 bits per heavy atom. The number of nitrogens with zero attached hydrogens (tertiary/aromatic N) is 1. The molecule has 5 nitrogen and oxygen atoms in total. The number of anilines is 1. The Kier molecular flexibility index (Phi) is 6.17. The standard InChI is InChI=1S/C20H22N2O3S/c23-19(22-9-11-26-12-10-22)13-15-3-7-18(8-4-15)21-14-16-1-5-17(6-2-16)20(24)25/h1-8,21H,9-14H2,(H,24,25). The second-order valence-corrected chi connectivity index (χ2v) is 7.45. The molecule has 1 amide bonds. The maximum atomic E-state index is 12.3. The van der Waals surface area contributed by atoms with Crippen LogP contribution in [-0.2, 0) is 17.8 Å². The van der Waals surface area contributed by atoms with Crippen LogP contribution >= 0.6 is 11.8 Å². The number of thioether (sulfide) groups is 1. The third kappa shape index (κ3) is 5.02. The largest absolute Gasteiger partial charge is 0.478 e. The van der Waals surface area contributed by atoms with Crippen molar-refractivity contribution in [2.75, 3.05) is 29.9 Å². The number of carboxylic acids is 1. The summed E-state index contributed by atoms with van der Waals surface area (Å²) >= 11 is 1.90. The number of carbonyl (C=O) groups is 2. The molecule has 0 atom stereocenters. The smallest absolute Gasteiger partial charge is 0.335 e. The molecule has 0 bridgehead atoms. The van der Waals surface area contributed by atoms with E-state index in [1.165, 1.54) is 0 Å².